The fourth-order valence-corrected chi connectivity index (χ4v) is 2.69. The van der Waals surface area contributed by atoms with Gasteiger partial charge in [0.1, 0.15) is 11.3 Å². The molecule has 4 heteroatoms. The highest BCUT2D eigenvalue weighted by molar-refractivity contribution is 7.98. The highest BCUT2D eigenvalue weighted by Gasteiger charge is 2.05. The van der Waals surface area contributed by atoms with Crippen LogP contribution in [0.3, 0.4) is 0 Å². The number of pyridine rings is 1. The molecule has 0 aliphatic carbocycles. The zero-order valence-corrected chi connectivity index (χ0v) is 13.2. The van der Waals surface area contributed by atoms with Crippen molar-refractivity contribution in [3.8, 4) is 5.75 Å². The second-order valence-electron chi connectivity index (χ2n) is 4.90. The number of benzene rings is 1. The summed E-state index contributed by atoms with van der Waals surface area (Å²) in [5, 5.41) is 4.63. The van der Waals surface area contributed by atoms with Gasteiger partial charge in [0, 0.05) is 18.0 Å². The van der Waals surface area contributed by atoms with E-state index in [0.717, 1.165) is 28.9 Å². The average Bonchev–Trinajstić information content (AvgIpc) is 2.50. The van der Waals surface area contributed by atoms with Gasteiger partial charge in [-0.25, -0.2) is 4.98 Å². The zero-order chi connectivity index (χ0) is 14.4. The molecular weight excluding hydrogens is 268 g/mol. The molecule has 1 aromatic carbocycles. The SMILES string of the molecule is COc1cccc2ccc(CNC(C)CCSC)nc12. The second kappa shape index (κ2) is 7.50. The minimum absolute atomic E-state index is 0.512. The maximum Gasteiger partial charge on any atom is 0.145 e. The molecular formula is C16H22N2OS. The van der Waals surface area contributed by atoms with Crippen LogP contribution in [0.15, 0.2) is 30.3 Å². The van der Waals surface area contributed by atoms with Gasteiger partial charge in [-0.15, -0.1) is 0 Å². The largest absolute Gasteiger partial charge is 0.494 e. The number of nitrogens with one attached hydrogen (secondary N) is 1. The summed E-state index contributed by atoms with van der Waals surface area (Å²) in [6.45, 7) is 3.02. The molecule has 108 valence electrons. The van der Waals surface area contributed by atoms with Crippen molar-refractivity contribution in [1.82, 2.24) is 10.3 Å². The first-order chi connectivity index (χ1) is 9.74. The number of para-hydroxylation sites is 1. The second-order valence-corrected chi connectivity index (χ2v) is 5.88. The number of ether oxygens (including phenoxy) is 1. The molecule has 20 heavy (non-hydrogen) atoms. The lowest BCUT2D eigenvalue weighted by atomic mass is 10.2. The van der Waals surface area contributed by atoms with Crippen LogP contribution in [0.2, 0.25) is 0 Å². The predicted molar refractivity (Wildman–Crippen MR) is 87.6 cm³/mol. The lowest BCUT2D eigenvalue weighted by Crippen LogP contribution is -2.26. The predicted octanol–water partition coefficient (Wildman–Crippen LogP) is 3.47. The van der Waals surface area contributed by atoms with Crippen molar-refractivity contribution in [1.29, 1.82) is 0 Å². The van der Waals surface area contributed by atoms with Gasteiger partial charge in [0.15, 0.2) is 0 Å². The Balaban J connectivity index is 2.07. The minimum atomic E-state index is 0.512. The molecule has 0 radical (unpaired) electrons. The molecule has 2 aromatic rings. The van der Waals surface area contributed by atoms with Crippen molar-refractivity contribution < 1.29 is 4.74 Å². The molecule has 1 heterocycles. The third-order valence-electron chi connectivity index (χ3n) is 3.35. The standard InChI is InChI=1S/C16H22N2OS/c1-12(9-10-20-3)17-11-14-8-7-13-5-4-6-15(19-2)16(13)18-14/h4-8,12,17H,9-11H2,1-3H3. The van der Waals surface area contributed by atoms with Gasteiger partial charge in [0.25, 0.3) is 0 Å². The van der Waals surface area contributed by atoms with E-state index in [1.807, 2.05) is 23.9 Å². The molecule has 1 unspecified atom stereocenters. The molecule has 0 spiro atoms. The van der Waals surface area contributed by atoms with Gasteiger partial charge < -0.3 is 10.1 Å². The van der Waals surface area contributed by atoms with E-state index >= 15 is 0 Å². The molecule has 0 bridgehead atoms. The summed E-state index contributed by atoms with van der Waals surface area (Å²) in [4.78, 5) is 4.71. The summed E-state index contributed by atoms with van der Waals surface area (Å²) in [5.41, 5.74) is 1.99. The van der Waals surface area contributed by atoms with Gasteiger partial charge >= 0.3 is 0 Å². The summed E-state index contributed by atoms with van der Waals surface area (Å²) in [7, 11) is 1.69. The van der Waals surface area contributed by atoms with Crippen molar-refractivity contribution in [2.24, 2.45) is 0 Å². The first kappa shape index (κ1) is 15.1. The fourth-order valence-electron chi connectivity index (χ4n) is 2.10. The Labute approximate surface area is 125 Å². The fraction of sp³-hybridized carbons (Fsp3) is 0.438. The van der Waals surface area contributed by atoms with Crippen molar-refractivity contribution in [2.75, 3.05) is 19.1 Å². The van der Waals surface area contributed by atoms with E-state index < -0.39 is 0 Å². The van der Waals surface area contributed by atoms with Crippen LogP contribution in [0.25, 0.3) is 10.9 Å². The van der Waals surface area contributed by atoms with E-state index in [0.29, 0.717) is 6.04 Å². The van der Waals surface area contributed by atoms with Crippen LogP contribution in [-0.4, -0.2) is 30.1 Å². The third-order valence-corrected chi connectivity index (χ3v) is 3.99. The van der Waals surface area contributed by atoms with E-state index in [4.69, 9.17) is 9.72 Å². The summed E-state index contributed by atoms with van der Waals surface area (Å²) in [6.07, 6.45) is 3.32. The highest BCUT2D eigenvalue weighted by atomic mass is 32.2. The van der Waals surface area contributed by atoms with E-state index in [1.54, 1.807) is 7.11 Å². The van der Waals surface area contributed by atoms with Gasteiger partial charge in [0.05, 0.1) is 12.8 Å². The number of nitrogens with zero attached hydrogens (tertiary/aromatic N) is 1. The Hall–Kier alpha value is -1.26. The van der Waals surface area contributed by atoms with Crippen LogP contribution < -0.4 is 10.1 Å². The molecule has 0 fully saturated rings. The quantitative estimate of drug-likeness (QED) is 0.846. The Morgan fingerprint density at radius 2 is 2.15 bits per heavy atom. The average molecular weight is 290 g/mol. The van der Waals surface area contributed by atoms with Crippen LogP contribution in [0.1, 0.15) is 19.0 Å². The lowest BCUT2D eigenvalue weighted by molar-refractivity contribution is 0.418. The Morgan fingerprint density at radius 3 is 2.90 bits per heavy atom. The molecule has 0 aliphatic heterocycles. The normalized spacial score (nSPS) is 12.6. The third kappa shape index (κ3) is 3.87. The molecule has 3 nitrogen and oxygen atoms in total. The number of rotatable bonds is 7. The molecule has 0 aliphatic rings. The number of aromatic nitrogens is 1. The summed E-state index contributed by atoms with van der Waals surface area (Å²) in [5.74, 6) is 2.02. The molecule has 1 aromatic heterocycles. The van der Waals surface area contributed by atoms with Gasteiger partial charge in [-0.1, -0.05) is 18.2 Å². The first-order valence-electron chi connectivity index (χ1n) is 6.89. The van der Waals surface area contributed by atoms with Crippen molar-refractivity contribution in [3.63, 3.8) is 0 Å². The van der Waals surface area contributed by atoms with E-state index in [1.165, 1.54) is 12.2 Å². The summed E-state index contributed by atoms with van der Waals surface area (Å²) in [6, 6.07) is 10.7. The smallest absolute Gasteiger partial charge is 0.145 e. The zero-order valence-electron chi connectivity index (χ0n) is 12.3. The summed E-state index contributed by atoms with van der Waals surface area (Å²) >= 11 is 1.89. The van der Waals surface area contributed by atoms with Crippen molar-refractivity contribution in [3.05, 3.63) is 36.0 Å². The topological polar surface area (TPSA) is 34.1 Å². The summed E-state index contributed by atoms with van der Waals surface area (Å²) < 4.78 is 5.38. The minimum Gasteiger partial charge on any atom is -0.494 e. The van der Waals surface area contributed by atoms with Gasteiger partial charge in [-0.3, -0.25) is 0 Å². The Bertz CT molecular complexity index is 559. The van der Waals surface area contributed by atoms with E-state index in [-0.39, 0.29) is 0 Å². The first-order valence-corrected chi connectivity index (χ1v) is 8.29. The maximum absolute atomic E-state index is 5.38. The number of hydrogen-bond acceptors (Lipinski definition) is 4. The molecule has 0 saturated carbocycles. The number of fused-ring (bicyclic) bond motifs is 1. The molecule has 0 amide bonds. The molecule has 2 rings (SSSR count). The van der Waals surface area contributed by atoms with Gasteiger partial charge in [-0.05, 0) is 37.5 Å². The number of methoxy groups -OCH3 is 1. The lowest BCUT2D eigenvalue weighted by Gasteiger charge is -2.13. The molecule has 1 N–H and O–H groups in total. The molecule has 0 saturated heterocycles. The van der Waals surface area contributed by atoms with Crippen LogP contribution >= 0.6 is 11.8 Å². The Kier molecular flexibility index (Phi) is 5.68. The van der Waals surface area contributed by atoms with Crippen molar-refractivity contribution in [2.45, 2.75) is 25.9 Å². The van der Waals surface area contributed by atoms with E-state index in [9.17, 15) is 0 Å². The highest BCUT2D eigenvalue weighted by Crippen LogP contribution is 2.23. The van der Waals surface area contributed by atoms with Crippen LogP contribution in [0.4, 0.5) is 0 Å². The van der Waals surface area contributed by atoms with Crippen LogP contribution in [0.5, 0.6) is 5.75 Å². The monoisotopic (exact) mass is 290 g/mol. The maximum atomic E-state index is 5.38. The number of thioether (sulfide) groups is 1. The van der Waals surface area contributed by atoms with Crippen molar-refractivity contribution >= 4 is 22.7 Å². The van der Waals surface area contributed by atoms with Gasteiger partial charge in [-0.2, -0.15) is 11.8 Å². The van der Waals surface area contributed by atoms with E-state index in [2.05, 4.69) is 36.7 Å². The molecule has 1 atom stereocenters. The van der Waals surface area contributed by atoms with Crippen LogP contribution in [0, 0.1) is 0 Å². The van der Waals surface area contributed by atoms with Crippen LogP contribution in [-0.2, 0) is 6.54 Å². The number of hydrogen-bond donors (Lipinski definition) is 1. The van der Waals surface area contributed by atoms with Gasteiger partial charge in [0.2, 0.25) is 0 Å². The Morgan fingerprint density at radius 1 is 1.30 bits per heavy atom.